The normalized spacial score (nSPS) is 13.1. The van der Waals surface area contributed by atoms with E-state index in [1.54, 1.807) is 0 Å². The molecule has 0 saturated heterocycles. The second kappa shape index (κ2) is 17.5. The molecule has 264 valence electrons. The number of benzene rings is 4. The molecule has 3 heteroatoms. The van der Waals surface area contributed by atoms with Crippen molar-refractivity contribution in [2.45, 2.75) is 118 Å². The molecule has 0 radical (unpaired) electrons. The summed E-state index contributed by atoms with van der Waals surface area (Å²) in [6.07, 6.45) is 11.0. The summed E-state index contributed by atoms with van der Waals surface area (Å²) in [6, 6.07) is 33.4. The Morgan fingerprint density at radius 3 is 1.40 bits per heavy atom. The standard InChI is InChI=1S/C21H25.C21H26.C5H5.2ClH.Hf/c1-20(2,3)16-7-9-18-14(12-16)11-15-13-17(21(4,5)6)8-10-19(15)18;1-20(2,3)18-11-7-16(8-12-18)15-17-9-13-19(14-10-17)21(4,5)6;1-2-4-5-3-1;;;/h7-10,12H,11H2,1-6H3;7-14H,1-6H3;1-3H,4H2;2*1H;/q-1;;-1;;;+2. The third-order valence-corrected chi connectivity index (χ3v) is 11.2. The van der Waals surface area contributed by atoms with Crippen molar-refractivity contribution in [2.75, 3.05) is 0 Å². The Kier molecular flexibility index (Phi) is 15.3. The third kappa shape index (κ3) is 11.6. The molecule has 0 unspecified atom stereocenters. The first kappa shape index (κ1) is 43.8. The van der Waals surface area contributed by atoms with Crippen LogP contribution in [0.5, 0.6) is 0 Å². The Labute approximate surface area is 332 Å². The van der Waals surface area contributed by atoms with Crippen molar-refractivity contribution in [3.63, 3.8) is 0 Å². The zero-order valence-corrected chi connectivity index (χ0v) is 37.7. The van der Waals surface area contributed by atoms with Gasteiger partial charge in [-0.05, 0) is 28.4 Å². The van der Waals surface area contributed by atoms with Crippen molar-refractivity contribution < 1.29 is 23.9 Å². The van der Waals surface area contributed by atoms with E-state index in [0.29, 0.717) is 0 Å². The SMILES string of the molecule is CC(C)(C)c1[c-]c2c(cc1)-c1ccc(C(C)(C)C)cc1C2.CC(C)(C)c1ccc([C](=[Hf+2])c2ccc(C(C)(C)C)cc2)cc1.Cl.Cl.[C-]1=CC=CC1. The number of hydrogen-bond acceptors (Lipinski definition) is 0. The number of fused-ring (bicyclic) bond motifs is 3. The van der Waals surface area contributed by atoms with Crippen LogP contribution >= 0.6 is 24.8 Å². The fraction of sp³-hybridized carbons (Fsp3) is 0.383. The van der Waals surface area contributed by atoms with Gasteiger partial charge in [0.1, 0.15) is 0 Å². The van der Waals surface area contributed by atoms with Gasteiger partial charge in [-0.3, -0.25) is 6.08 Å². The van der Waals surface area contributed by atoms with Crippen LogP contribution in [0.1, 0.15) is 134 Å². The molecule has 0 N–H and O–H groups in total. The molecule has 0 aliphatic heterocycles. The molecule has 6 rings (SSSR count). The van der Waals surface area contributed by atoms with Gasteiger partial charge in [-0.2, -0.15) is 29.8 Å². The number of hydrogen-bond donors (Lipinski definition) is 0. The first-order valence-corrected chi connectivity index (χ1v) is 19.3. The summed E-state index contributed by atoms with van der Waals surface area (Å²) in [4.78, 5) is 0. The second-order valence-corrected chi connectivity index (χ2v) is 19.1. The smallest absolute Gasteiger partial charge is 0.109 e. The summed E-state index contributed by atoms with van der Waals surface area (Å²) in [5, 5.41) is 0. The van der Waals surface area contributed by atoms with Crippen LogP contribution in [0, 0.1) is 12.1 Å². The Morgan fingerprint density at radius 1 is 0.560 bits per heavy atom. The molecule has 4 aromatic carbocycles. The number of allylic oxidation sites excluding steroid dienone is 4. The van der Waals surface area contributed by atoms with E-state index in [-0.39, 0.29) is 46.5 Å². The van der Waals surface area contributed by atoms with Gasteiger partial charge in [-0.25, -0.2) is 12.2 Å². The van der Waals surface area contributed by atoms with Gasteiger partial charge in [-0.15, -0.1) is 42.4 Å². The van der Waals surface area contributed by atoms with Gasteiger partial charge in [0.05, 0.1) is 0 Å². The van der Waals surface area contributed by atoms with Crippen molar-refractivity contribution in [3.8, 4) is 11.1 Å². The molecule has 2 aliphatic rings. The molecule has 0 nitrogen and oxygen atoms in total. The predicted molar refractivity (Wildman–Crippen MR) is 220 cm³/mol. The largest absolute Gasteiger partial charge is 0.273 e. The molecule has 4 aromatic rings. The maximum atomic E-state index is 3.67. The molecular weight excluding hydrogens is 814 g/mol. The van der Waals surface area contributed by atoms with E-state index in [1.165, 1.54) is 58.9 Å². The molecule has 0 aromatic heterocycles. The van der Waals surface area contributed by atoms with Crippen LogP contribution in [0.3, 0.4) is 0 Å². The van der Waals surface area contributed by atoms with E-state index in [1.807, 2.05) is 12.2 Å². The molecule has 0 saturated carbocycles. The van der Waals surface area contributed by atoms with Crippen LogP contribution in [-0.4, -0.2) is 3.26 Å². The molecule has 2 aliphatic carbocycles. The fourth-order valence-corrected chi connectivity index (χ4v) is 7.01. The van der Waals surface area contributed by atoms with Crippen LogP contribution < -0.4 is 0 Å². The maximum Gasteiger partial charge on any atom is -0.109 e. The summed E-state index contributed by atoms with van der Waals surface area (Å²) in [5.74, 6) is 0. The van der Waals surface area contributed by atoms with Crippen LogP contribution in [0.2, 0.25) is 0 Å². The van der Waals surface area contributed by atoms with Crippen molar-refractivity contribution in [3.05, 3.63) is 154 Å². The molecule has 0 amide bonds. The van der Waals surface area contributed by atoms with Crippen molar-refractivity contribution in [1.82, 2.24) is 0 Å². The Morgan fingerprint density at radius 2 is 1.02 bits per heavy atom. The van der Waals surface area contributed by atoms with Gasteiger partial charge in [0.15, 0.2) is 0 Å². The Bertz CT molecular complexity index is 1650. The van der Waals surface area contributed by atoms with E-state index in [0.717, 1.165) is 36.7 Å². The Balaban J connectivity index is 0.000000293. The van der Waals surface area contributed by atoms with Crippen LogP contribution in [-0.2, 0) is 52.0 Å². The average molecular weight is 872 g/mol. The molecule has 0 spiro atoms. The van der Waals surface area contributed by atoms with Crippen molar-refractivity contribution in [2.24, 2.45) is 0 Å². The molecule has 0 atom stereocenters. The third-order valence-electron chi connectivity index (χ3n) is 9.13. The molecule has 50 heavy (non-hydrogen) atoms. The first-order valence-electron chi connectivity index (χ1n) is 17.5. The molecule has 0 fully saturated rings. The van der Waals surface area contributed by atoms with E-state index >= 15 is 0 Å². The van der Waals surface area contributed by atoms with E-state index < -0.39 is 0 Å². The predicted octanol–water partition coefficient (Wildman–Crippen LogP) is 13.2. The average Bonchev–Trinajstić information content (AvgIpc) is 3.71. The van der Waals surface area contributed by atoms with Crippen molar-refractivity contribution in [1.29, 1.82) is 0 Å². The molecular formula is C47H58Cl2Hf. The zero-order chi connectivity index (χ0) is 35.5. The summed E-state index contributed by atoms with van der Waals surface area (Å²) in [6.45, 7) is 27.2. The van der Waals surface area contributed by atoms with Gasteiger partial charge in [-0.1, -0.05) is 65.3 Å². The van der Waals surface area contributed by atoms with Gasteiger partial charge < -0.3 is 0 Å². The number of halogens is 2. The van der Waals surface area contributed by atoms with Crippen LogP contribution in [0.25, 0.3) is 11.1 Å². The maximum absolute atomic E-state index is 3.67. The minimum Gasteiger partial charge on any atom is -0.273 e. The summed E-state index contributed by atoms with van der Waals surface area (Å²) in [7, 11) is 0. The van der Waals surface area contributed by atoms with Gasteiger partial charge >= 0.3 is 150 Å². The minimum atomic E-state index is 0. The summed E-state index contributed by atoms with van der Waals surface area (Å²) < 4.78 is 1.47. The topological polar surface area (TPSA) is 0 Å². The van der Waals surface area contributed by atoms with E-state index in [4.69, 9.17) is 0 Å². The summed E-state index contributed by atoms with van der Waals surface area (Å²) >= 11 is 1.06. The van der Waals surface area contributed by atoms with Gasteiger partial charge in [0.25, 0.3) is 0 Å². The fourth-order valence-electron chi connectivity index (χ4n) is 5.81. The van der Waals surface area contributed by atoms with Crippen LogP contribution in [0.4, 0.5) is 0 Å². The van der Waals surface area contributed by atoms with Gasteiger partial charge in [0.2, 0.25) is 0 Å². The second-order valence-electron chi connectivity index (χ2n) is 17.3. The molecule has 0 bridgehead atoms. The minimum absolute atomic E-state index is 0. The number of rotatable bonds is 2. The molecule has 0 heterocycles. The van der Waals surface area contributed by atoms with E-state index in [9.17, 15) is 0 Å². The van der Waals surface area contributed by atoms with Crippen molar-refractivity contribution >= 4 is 28.1 Å². The first-order chi connectivity index (χ1) is 22.2. The van der Waals surface area contributed by atoms with Crippen LogP contribution in [0.15, 0.2) is 97.1 Å². The van der Waals surface area contributed by atoms with Gasteiger partial charge in [0, 0.05) is 0 Å². The van der Waals surface area contributed by atoms with E-state index in [2.05, 4.69) is 180 Å². The monoisotopic (exact) mass is 872 g/mol. The Hall–Kier alpha value is -2.32. The quantitative estimate of drug-likeness (QED) is 0.122. The zero-order valence-electron chi connectivity index (χ0n) is 32.5. The summed E-state index contributed by atoms with van der Waals surface area (Å²) in [5.41, 5.74) is 14.7.